The maximum Gasteiger partial charge on any atom is 0.422 e. The van der Waals surface area contributed by atoms with Crippen molar-refractivity contribution in [3.63, 3.8) is 0 Å². The Morgan fingerprint density at radius 2 is 2.28 bits per heavy atom. The fourth-order valence-corrected chi connectivity index (χ4v) is 3.74. The first-order chi connectivity index (χ1) is 13.3. The zero-order chi connectivity index (χ0) is 20.2. The Labute approximate surface area is 184 Å². The largest absolute Gasteiger partial charge is 0.468 e. The zero-order valence-corrected chi connectivity index (χ0v) is 18.4. The minimum Gasteiger partial charge on any atom is -0.468 e. The third-order valence-corrected chi connectivity index (χ3v) is 5.00. The SMILES string of the molecule is CN=C(NCc1ccnc(OCC(F)(F)F)c1)N1CCCC2(CNC(=O)C2)C1.I. The van der Waals surface area contributed by atoms with Gasteiger partial charge in [-0.25, -0.2) is 4.98 Å². The Morgan fingerprint density at radius 1 is 1.48 bits per heavy atom. The number of rotatable bonds is 4. The van der Waals surface area contributed by atoms with Crippen LogP contribution in [0.5, 0.6) is 5.88 Å². The van der Waals surface area contributed by atoms with E-state index in [0.717, 1.165) is 31.5 Å². The van der Waals surface area contributed by atoms with Crippen LogP contribution in [0.25, 0.3) is 0 Å². The van der Waals surface area contributed by atoms with Crippen molar-refractivity contribution in [3.8, 4) is 5.88 Å². The summed E-state index contributed by atoms with van der Waals surface area (Å²) in [5, 5.41) is 6.15. The van der Waals surface area contributed by atoms with Crippen LogP contribution in [0.15, 0.2) is 23.3 Å². The summed E-state index contributed by atoms with van der Waals surface area (Å²) < 4.78 is 41.5. The number of hydrogen-bond acceptors (Lipinski definition) is 4. The first-order valence-electron chi connectivity index (χ1n) is 9.15. The molecule has 2 aliphatic heterocycles. The fraction of sp³-hybridized carbons (Fsp3) is 0.611. The van der Waals surface area contributed by atoms with Crippen molar-refractivity contribution in [2.45, 2.75) is 32.0 Å². The van der Waals surface area contributed by atoms with Crippen molar-refractivity contribution in [1.29, 1.82) is 0 Å². The van der Waals surface area contributed by atoms with E-state index in [1.54, 1.807) is 13.1 Å². The molecule has 2 saturated heterocycles. The maximum atomic E-state index is 12.3. The number of aliphatic imine (C=N–C) groups is 1. The van der Waals surface area contributed by atoms with Crippen LogP contribution in [0, 0.1) is 5.41 Å². The molecule has 3 heterocycles. The molecule has 1 spiro atoms. The van der Waals surface area contributed by atoms with Gasteiger partial charge in [-0.1, -0.05) is 0 Å². The van der Waals surface area contributed by atoms with Crippen molar-refractivity contribution in [2.24, 2.45) is 10.4 Å². The molecule has 0 saturated carbocycles. The minimum absolute atomic E-state index is 0. The Morgan fingerprint density at radius 3 is 2.93 bits per heavy atom. The molecule has 2 aliphatic rings. The van der Waals surface area contributed by atoms with Crippen LogP contribution < -0.4 is 15.4 Å². The van der Waals surface area contributed by atoms with Crippen molar-refractivity contribution in [1.82, 2.24) is 20.5 Å². The number of alkyl halides is 3. The second kappa shape index (κ2) is 9.81. The van der Waals surface area contributed by atoms with Gasteiger partial charge in [0, 0.05) is 57.3 Å². The van der Waals surface area contributed by atoms with Gasteiger partial charge in [-0.3, -0.25) is 9.79 Å². The Bertz CT molecular complexity index is 746. The van der Waals surface area contributed by atoms with Gasteiger partial charge in [-0.05, 0) is 24.5 Å². The molecule has 29 heavy (non-hydrogen) atoms. The van der Waals surface area contributed by atoms with Crippen molar-refractivity contribution in [3.05, 3.63) is 23.9 Å². The number of piperidine rings is 1. The van der Waals surface area contributed by atoms with E-state index in [1.807, 2.05) is 0 Å². The molecule has 0 aliphatic carbocycles. The monoisotopic (exact) mass is 527 g/mol. The highest BCUT2D eigenvalue weighted by Crippen LogP contribution is 2.36. The Balaban J connectivity index is 0.00000300. The normalized spacial score (nSPS) is 22.3. The van der Waals surface area contributed by atoms with E-state index in [2.05, 4.69) is 25.5 Å². The average molecular weight is 527 g/mol. The lowest BCUT2D eigenvalue weighted by atomic mass is 9.79. The average Bonchev–Trinajstić information content (AvgIpc) is 3.00. The van der Waals surface area contributed by atoms with Crippen LogP contribution in [0.2, 0.25) is 0 Å². The second-order valence-corrected chi connectivity index (χ2v) is 7.29. The third kappa shape index (κ3) is 6.61. The van der Waals surface area contributed by atoms with Gasteiger partial charge >= 0.3 is 6.18 Å². The molecule has 11 heteroatoms. The lowest BCUT2D eigenvalue weighted by Gasteiger charge is -2.40. The number of nitrogens with one attached hydrogen (secondary N) is 2. The number of ether oxygens (including phenoxy) is 1. The van der Waals surface area contributed by atoms with Crippen LogP contribution in [-0.4, -0.2) is 61.2 Å². The molecule has 1 atom stereocenters. The molecule has 1 amide bonds. The van der Waals surface area contributed by atoms with Gasteiger partial charge in [0.1, 0.15) is 0 Å². The van der Waals surface area contributed by atoms with Crippen LogP contribution in [0.4, 0.5) is 13.2 Å². The number of hydrogen-bond donors (Lipinski definition) is 2. The molecule has 7 nitrogen and oxygen atoms in total. The zero-order valence-electron chi connectivity index (χ0n) is 16.1. The fourth-order valence-electron chi connectivity index (χ4n) is 3.74. The van der Waals surface area contributed by atoms with Crippen LogP contribution in [0.3, 0.4) is 0 Å². The van der Waals surface area contributed by atoms with Gasteiger partial charge in [-0.2, -0.15) is 13.2 Å². The van der Waals surface area contributed by atoms with E-state index in [0.29, 0.717) is 25.5 Å². The van der Waals surface area contributed by atoms with Crippen molar-refractivity contribution < 1.29 is 22.7 Å². The van der Waals surface area contributed by atoms with E-state index in [4.69, 9.17) is 4.74 Å². The van der Waals surface area contributed by atoms with Gasteiger partial charge in [0.05, 0.1) is 0 Å². The number of halogens is 4. The Hall–Kier alpha value is -1.79. The number of aromatic nitrogens is 1. The molecule has 2 N–H and O–H groups in total. The molecule has 0 radical (unpaired) electrons. The summed E-state index contributed by atoms with van der Waals surface area (Å²) in [6.45, 7) is 1.26. The topological polar surface area (TPSA) is 78.9 Å². The second-order valence-electron chi connectivity index (χ2n) is 7.29. The summed E-state index contributed by atoms with van der Waals surface area (Å²) in [5.74, 6) is 0.722. The standard InChI is InChI=1S/C18H24F3N5O2.HI/c1-22-16(26-6-2-4-17(11-26)8-14(27)25-10-17)24-9-13-3-5-23-15(7-13)28-12-18(19,20)21;/h3,5,7H,2,4,6,8-12H2,1H3,(H,22,24)(H,25,27);1H. The molecule has 3 rings (SSSR count). The van der Waals surface area contributed by atoms with E-state index >= 15 is 0 Å². The van der Waals surface area contributed by atoms with Crippen LogP contribution >= 0.6 is 24.0 Å². The van der Waals surface area contributed by atoms with E-state index in [-0.39, 0.29) is 41.2 Å². The summed E-state index contributed by atoms with van der Waals surface area (Å²) in [6.07, 6.45) is -0.482. The van der Waals surface area contributed by atoms with Crippen molar-refractivity contribution >= 4 is 35.8 Å². The smallest absolute Gasteiger partial charge is 0.422 e. The maximum absolute atomic E-state index is 12.3. The van der Waals surface area contributed by atoms with Crippen molar-refractivity contribution in [2.75, 3.05) is 33.3 Å². The quantitative estimate of drug-likeness (QED) is 0.357. The van der Waals surface area contributed by atoms with Gasteiger partial charge in [0.2, 0.25) is 11.8 Å². The lowest BCUT2D eigenvalue weighted by Crippen LogP contribution is -2.51. The van der Waals surface area contributed by atoms with E-state index in [1.165, 1.54) is 12.3 Å². The third-order valence-electron chi connectivity index (χ3n) is 5.00. The number of likely N-dealkylation sites (tertiary alicyclic amines) is 1. The molecular weight excluding hydrogens is 502 g/mol. The molecule has 0 bridgehead atoms. The van der Waals surface area contributed by atoms with E-state index in [9.17, 15) is 18.0 Å². The highest BCUT2D eigenvalue weighted by Gasteiger charge is 2.42. The molecule has 2 fully saturated rings. The van der Waals surface area contributed by atoms with Gasteiger partial charge in [0.15, 0.2) is 12.6 Å². The molecule has 1 aromatic heterocycles. The number of carbonyl (C=O) groups is 1. The predicted octanol–water partition coefficient (Wildman–Crippen LogP) is 2.32. The first kappa shape index (κ1) is 23.5. The lowest BCUT2D eigenvalue weighted by molar-refractivity contribution is -0.154. The summed E-state index contributed by atoms with van der Waals surface area (Å²) in [7, 11) is 1.69. The van der Waals surface area contributed by atoms with Gasteiger partial charge < -0.3 is 20.3 Å². The summed E-state index contributed by atoms with van der Waals surface area (Å²) in [5.41, 5.74) is 0.681. The number of nitrogens with zero attached hydrogens (tertiary/aromatic N) is 3. The summed E-state index contributed by atoms with van der Waals surface area (Å²) in [6, 6.07) is 3.18. The van der Waals surface area contributed by atoms with Crippen LogP contribution in [0.1, 0.15) is 24.8 Å². The highest BCUT2D eigenvalue weighted by atomic mass is 127. The molecule has 1 aromatic rings. The Kier molecular flexibility index (Phi) is 7.94. The molecule has 0 aromatic carbocycles. The summed E-state index contributed by atoms with van der Waals surface area (Å²) >= 11 is 0. The van der Waals surface area contributed by atoms with Gasteiger partial charge in [-0.15, -0.1) is 24.0 Å². The highest BCUT2D eigenvalue weighted by molar-refractivity contribution is 14.0. The summed E-state index contributed by atoms with van der Waals surface area (Å²) in [4.78, 5) is 21.9. The van der Waals surface area contributed by atoms with Crippen LogP contribution in [-0.2, 0) is 11.3 Å². The predicted molar refractivity (Wildman–Crippen MR) is 112 cm³/mol. The number of amides is 1. The number of pyridine rings is 1. The van der Waals surface area contributed by atoms with Gasteiger partial charge in [0.25, 0.3) is 0 Å². The molecule has 1 unspecified atom stereocenters. The molecule has 162 valence electrons. The number of guanidine groups is 1. The molecular formula is C18H25F3IN5O2. The minimum atomic E-state index is -4.40. The number of carbonyl (C=O) groups excluding carboxylic acids is 1. The first-order valence-corrected chi connectivity index (χ1v) is 9.15. The van der Waals surface area contributed by atoms with E-state index < -0.39 is 12.8 Å².